The standard InChI is InChI=1S/C16H20N4O6S/c1-26-13-5-3-12(4-6-13)20-15(22)14(21)19(16(20)23)11-17-7-9-18(10-8-17)27(2,24)25/h3-6H,7-11H2,1-2H3. The summed E-state index contributed by atoms with van der Waals surface area (Å²) in [6.07, 6.45) is 1.14. The number of ether oxygens (including phenoxy) is 1. The summed E-state index contributed by atoms with van der Waals surface area (Å²) in [5.74, 6) is -1.26. The summed E-state index contributed by atoms with van der Waals surface area (Å²) in [5, 5.41) is 0. The number of hydrogen-bond acceptors (Lipinski definition) is 7. The lowest BCUT2D eigenvalue weighted by molar-refractivity contribution is -0.140. The lowest BCUT2D eigenvalue weighted by Gasteiger charge is -2.34. The number of imide groups is 2. The summed E-state index contributed by atoms with van der Waals surface area (Å²) in [6.45, 7) is 1.20. The van der Waals surface area contributed by atoms with Gasteiger partial charge in [-0.1, -0.05) is 0 Å². The second-order valence-corrected chi connectivity index (χ2v) is 8.26. The molecule has 2 aliphatic heterocycles. The van der Waals surface area contributed by atoms with Crippen LogP contribution in [0, 0.1) is 0 Å². The van der Waals surface area contributed by atoms with Gasteiger partial charge in [-0.25, -0.2) is 23.0 Å². The minimum absolute atomic E-state index is 0.0618. The second-order valence-electron chi connectivity index (χ2n) is 6.28. The molecule has 2 fully saturated rings. The first-order chi connectivity index (χ1) is 12.7. The molecular formula is C16H20N4O6S. The molecule has 1 aromatic carbocycles. The van der Waals surface area contributed by atoms with Crippen molar-refractivity contribution >= 4 is 33.6 Å². The Hall–Kier alpha value is -2.50. The normalized spacial score (nSPS) is 19.9. The molecule has 3 rings (SSSR count). The van der Waals surface area contributed by atoms with Crippen molar-refractivity contribution in [3.8, 4) is 5.75 Å². The molecule has 0 spiro atoms. The number of hydrogen-bond donors (Lipinski definition) is 0. The number of urea groups is 1. The fraction of sp³-hybridized carbons (Fsp3) is 0.438. The van der Waals surface area contributed by atoms with Crippen LogP contribution in [-0.4, -0.2) is 86.6 Å². The molecule has 0 aliphatic carbocycles. The minimum atomic E-state index is -3.27. The molecule has 0 aromatic heterocycles. The second kappa shape index (κ2) is 7.25. The molecule has 0 atom stereocenters. The minimum Gasteiger partial charge on any atom is -0.497 e. The molecule has 0 N–H and O–H groups in total. The Morgan fingerprint density at radius 2 is 1.56 bits per heavy atom. The molecule has 146 valence electrons. The van der Waals surface area contributed by atoms with Crippen molar-refractivity contribution in [2.45, 2.75) is 0 Å². The Labute approximate surface area is 156 Å². The third-order valence-electron chi connectivity index (χ3n) is 4.53. The Morgan fingerprint density at radius 1 is 0.963 bits per heavy atom. The number of methoxy groups -OCH3 is 1. The Balaban J connectivity index is 1.69. The topological polar surface area (TPSA) is 108 Å². The summed E-state index contributed by atoms with van der Waals surface area (Å²) in [6, 6.07) is 5.51. The van der Waals surface area contributed by atoms with Crippen molar-refractivity contribution in [1.29, 1.82) is 0 Å². The van der Waals surface area contributed by atoms with E-state index < -0.39 is 27.9 Å². The molecule has 0 unspecified atom stereocenters. The van der Waals surface area contributed by atoms with Gasteiger partial charge in [0, 0.05) is 26.2 Å². The summed E-state index contributed by atoms with van der Waals surface area (Å²) < 4.78 is 29.5. The Morgan fingerprint density at radius 3 is 2.07 bits per heavy atom. The van der Waals surface area contributed by atoms with E-state index in [1.165, 1.54) is 23.5 Å². The maximum atomic E-state index is 12.6. The number of amides is 4. The van der Waals surface area contributed by atoms with Gasteiger partial charge in [-0.15, -0.1) is 0 Å². The molecular weight excluding hydrogens is 376 g/mol. The highest BCUT2D eigenvalue weighted by Crippen LogP contribution is 2.25. The number of nitrogens with zero attached hydrogens (tertiary/aromatic N) is 4. The fourth-order valence-electron chi connectivity index (χ4n) is 2.99. The van der Waals surface area contributed by atoms with Crippen LogP contribution in [0.1, 0.15) is 0 Å². The summed E-state index contributed by atoms with van der Waals surface area (Å²) in [5.41, 5.74) is 0.281. The molecule has 0 saturated carbocycles. The zero-order chi connectivity index (χ0) is 19.8. The molecule has 0 radical (unpaired) electrons. The number of benzene rings is 1. The summed E-state index contributed by atoms with van der Waals surface area (Å²) in [7, 11) is -1.77. The van der Waals surface area contributed by atoms with Crippen molar-refractivity contribution < 1.29 is 27.5 Å². The highest BCUT2D eigenvalue weighted by Gasteiger charge is 2.46. The Bertz CT molecular complexity index is 861. The van der Waals surface area contributed by atoms with E-state index in [9.17, 15) is 22.8 Å². The molecule has 2 aliphatic rings. The maximum absolute atomic E-state index is 12.6. The van der Waals surface area contributed by atoms with Crippen molar-refractivity contribution in [3.63, 3.8) is 0 Å². The Kier molecular flexibility index (Phi) is 5.18. The number of anilines is 1. The van der Waals surface area contributed by atoms with Crippen molar-refractivity contribution in [1.82, 2.24) is 14.1 Å². The first kappa shape index (κ1) is 19.3. The molecule has 0 bridgehead atoms. The average Bonchev–Trinajstić information content (AvgIpc) is 2.85. The van der Waals surface area contributed by atoms with Gasteiger partial charge in [-0.05, 0) is 24.3 Å². The van der Waals surface area contributed by atoms with Gasteiger partial charge >= 0.3 is 17.8 Å². The molecule has 11 heteroatoms. The highest BCUT2D eigenvalue weighted by molar-refractivity contribution is 7.88. The van der Waals surface area contributed by atoms with E-state index in [4.69, 9.17) is 4.74 Å². The van der Waals surface area contributed by atoms with Crippen LogP contribution in [0.15, 0.2) is 24.3 Å². The van der Waals surface area contributed by atoms with Crippen molar-refractivity contribution in [2.75, 3.05) is 51.1 Å². The van der Waals surface area contributed by atoms with Crippen LogP contribution in [0.3, 0.4) is 0 Å². The quantitative estimate of drug-likeness (QED) is 0.489. The number of sulfonamides is 1. The van der Waals surface area contributed by atoms with Crippen LogP contribution >= 0.6 is 0 Å². The van der Waals surface area contributed by atoms with Gasteiger partial charge < -0.3 is 4.74 Å². The number of carbonyl (C=O) groups is 3. The lowest BCUT2D eigenvalue weighted by atomic mass is 10.3. The van der Waals surface area contributed by atoms with Gasteiger partial charge in [-0.2, -0.15) is 4.31 Å². The highest BCUT2D eigenvalue weighted by atomic mass is 32.2. The number of rotatable bonds is 5. The van der Waals surface area contributed by atoms with Crippen LogP contribution in [-0.2, 0) is 19.6 Å². The van der Waals surface area contributed by atoms with Gasteiger partial charge in [0.2, 0.25) is 10.0 Å². The van der Waals surface area contributed by atoms with Gasteiger partial charge in [0.05, 0.1) is 25.7 Å². The van der Waals surface area contributed by atoms with Crippen LogP contribution in [0.5, 0.6) is 5.75 Å². The lowest BCUT2D eigenvalue weighted by Crippen LogP contribution is -2.52. The molecule has 2 heterocycles. The number of piperazine rings is 1. The molecule has 2 saturated heterocycles. The van der Waals surface area contributed by atoms with E-state index in [-0.39, 0.29) is 25.4 Å². The third kappa shape index (κ3) is 3.80. The van der Waals surface area contributed by atoms with E-state index in [0.717, 1.165) is 16.1 Å². The van der Waals surface area contributed by atoms with Crippen LogP contribution in [0.25, 0.3) is 0 Å². The third-order valence-corrected chi connectivity index (χ3v) is 5.83. The van der Waals surface area contributed by atoms with E-state index in [2.05, 4.69) is 0 Å². The van der Waals surface area contributed by atoms with Crippen molar-refractivity contribution in [2.24, 2.45) is 0 Å². The first-order valence-electron chi connectivity index (χ1n) is 8.24. The zero-order valence-electron chi connectivity index (χ0n) is 15.0. The summed E-state index contributed by atoms with van der Waals surface area (Å²) >= 11 is 0. The van der Waals surface area contributed by atoms with E-state index in [1.54, 1.807) is 17.0 Å². The smallest absolute Gasteiger partial charge is 0.340 e. The maximum Gasteiger partial charge on any atom is 0.340 e. The largest absolute Gasteiger partial charge is 0.497 e. The molecule has 1 aromatic rings. The van der Waals surface area contributed by atoms with Crippen LogP contribution in [0.4, 0.5) is 10.5 Å². The summed E-state index contributed by atoms with van der Waals surface area (Å²) in [4.78, 5) is 40.7. The SMILES string of the molecule is COc1ccc(N2C(=O)C(=O)N(CN3CCN(S(C)(=O)=O)CC3)C2=O)cc1. The van der Waals surface area contributed by atoms with Crippen LogP contribution in [0.2, 0.25) is 0 Å². The average molecular weight is 396 g/mol. The predicted octanol–water partition coefficient (Wildman–Crippen LogP) is -0.475. The zero-order valence-corrected chi connectivity index (χ0v) is 15.8. The van der Waals surface area contributed by atoms with E-state index >= 15 is 0 Å². The van der Waals surface area contributed by atoms with Gasteiger partial charge in [0.15, 0.2) is 0 Å². The predicted molar refractivity (Wildman–Crippen MR) is 95.6 cm³/mol. The number of carbonyl (C=O) groups excluding carboxylic acids is 3. The molecule has 27 heavy (non-hydrogen) atoms. The van der Waals surface area contributed by atoms with Gasteiger partial charge in [0.1, 0.15) is 5.75 Å². The fourth-order valence-corrected chi connectivity index (χ4v) is 3.82. The molecule has 4 amide bonds. The molecule has 10 nitrogen and oxygen atoms in total. The van der Waals surface area contributed by atoms with Gasteiger partial charge in [0.25, 0.3) is 0 Å². The van der Waals surface area contributed by atoms with E-state index in [1.807, 2.05) is 0 Å². The first-order valence-corrected chi connectivity index (χ1v) is 10.1. The van der Waals surface area contributed by atoms with E-state index in [0.29, 0.717) is 18.8 Å². The monoisotopic (exact) mass is 396 g/mol. The van der Waals surface area contributed by atoms with Crippen molar-refractivity contribution in [3.05, 3.63) is 24.3 Å². The van der Waals surface area contributed by atoms with Gasteiger partial charge in [-0.3, -0.25) is 14.5 Å². The van der Waals surface area contributed by atoms with Crippen LogP contribution < -0.4 is 9.64 Å².